The first-order valence-corrected chi connectivity index (χ1v) is 6.52. The van der Waals surface area contributed by atoms with Crippen molar-refractivity contribution in [3.8, 4) is 5.88 Å². The molecule has 0 bridgehead atoms. The maximum atomic E-state index is 9.22. The monoisotopic (exact) mass is 298 g/mol. The van der Waals surface area contributed by atoms with E-state index in [9.17, 15) is 5.11 Å². The van der Waals surface area contributed by atoms with Crippen molar-refractivity contribution in [1.29, 1.82) is 0 Å². The molecule has 0 saturated carbocycles. The molecule has 0 spiro atoms. The van der Waals surface area contributed by atoms with E-state index in [1.54, 1.807) is 18.0 Å². The average Bonchev–Trinajstić information content (AvgIpc) is 2.57. The van der Waals surface area contributed by atoms with Crippen LogP contribution in [0.2, 0.25) is 0 Å². The largest absolute Gasteiger partial charge is 0.492 e. The van der Waals surface area contributed by atoms with Gasteiger partial charge in [-0.3, -0.25) is 0 Å². The topological polar surface area (TPSA) is 38.0 Å². The van der Waals surface area contributed by atoms with Gasteiger partial charge in [-0.25, -0.2) is 0 Å². The molecule has 2 rings (SSSR count). The van der Waals surface area contributed by atoms with E-state index in [2.05, 4.69) is 33.0 Å². The van der Waals surface area contributed by atoms with E-state index in [1.807, 2.05) is 23.7 Å². The van der Waals surface area contributed by atoms with E-state index in [0.717, 1.165) is 16.0 Å². The SMILES string of the molecule is Cn1cc(O)nc1CSc1ccc(Br)cc1. The van der Waals surface area contributed by atoms with Gasteiger partial charge < -0.3 is 9.67 Å². The summed E-state index contributed by atoms with van der Waals surface area (Å²) in [6.45, 7) is 0. The fourth-order valence-electron chi connectivity index (χ4n) is 1.30. The van der Waals surface area contributed by atoms with Crippen molar-refractivity contribution >= 4 is 27.7 Å². The lowest BCUT2D eigenvalue weighted by atomic mass is 10.4. The Hall–Kier alpha value is -0.940. The molecule has 0 unspecified atom stereocenters. The molecule has 5 heteroatoms. The van der Waals surface area contributed by atoms with Crippen molar-refractivity contribution in [3.63, 3.8) is 0 Å². The number of nitrogens with zero attached hydrogens (tertiary/aromatic N) is 2. The summed E-state index contributed by atoms with van der Waals surface area (Å²) in [5, 5.41) is 9.22. The fourth-order valence-corrected chi connectivity index (χ4v) is 2.46. The number of thioether (sulfide) groups is 1. The highest BCUT2D eigenvalue weighted by atomic mass is 79.9. The van der Waals surface area contributed by atoms with Crippen LogP contribution in [0.25, 0.3) is 0 Å². The van der Waals surface area contributed by atoms with Gasteiger partial charge in [0.2, 0.25) is 5.88 Å². The Labute approximate surface area is 107 Å². The second kappa shape index (κ2) is 4.93. The van der Waals surface area contributed by atoms with Gasteiger partial charge in [0.1, 0.15) is 5.82 Å². The van der Waals surface area contributed by atoms with Gasteiger partial charge in [0.15, 0.2) is 0 Å². The molecule has 0 aliphatic carbocycles. The number of aromatic nitrogens is 2. The summed E-state index contributed by atoms with van der Waals surface area (Å²) >= 11 is 5.09. The predicted octanol–water partition coefficient (Wildman–Crippen LogP) is 3.18. The predicted molar refractivity (Wildman–Crippen MR) is 68.6 cm³/mol. The average molecular weight is 299 g/mol. The van der Waals surface area contributed by atoms with Crippen molar-refractivity contribution in [2.75, 3.05) is 0 Å². The Morgan fingerprint density at radius 3 is 2.62 bits per heavy atom. The van der Waals surface area contributed by atoms with Gasteiger partial charge in [-0.15, -0.1) is 11.8 Å². The van der Waals surface area contributed by atoms with Crippen LogP contribution in [0.15, 0.2) is 39.8 Å². The molecule has 0 amide bonds. The molecule has 1 heterocycles. The van der Waals surface area contributed by atoms with Crippen LogP contribution in [0.3, 0.4) is 0 Å². The lowest BCUT2D eigenvalue weighted by Gasteiger charge is -2.01. The zero-order chi connectivity index (χ0) is 11.5. The van der Waals surface area contributed by atoms with Gasteiger partial charge >= 0.3 is 0 Å². The van der Waals surface area contributed by atoms with Crippen LogP contribution in [0.4, 0.5) is 0 Å². The number of aromatic hydroxyl groups is 1. The normalized spacial score (nSPS) is 10.6. The molecule has 84 valence electrons. The molecule has 0 saturated heterocycles. The van der Waals surface area contributed by atoms with Gasteiger partial charge in [0.25, 0.3) is 0 Å². The third-order valence-corrected chi connectivity index (χ3v) is 3.68. The van der Waals surface area contributed by atoms with Crippen LogP contribution in [0.5, 0.6) is 5.88 Å². The lowest BCUT2D eigenvalue weighted by molar-refractivity contribution is 0.455. The van der Waals surface area contributed by atoms with Crippen molar-refractivity contribution in [1.82, 2.24) is 9.55 Å². The Balaban J connectivity index is 2.02. The van der Waals surface area contributed by atoms with E-state index >= 15 is 0 Å². The highest BCUT2D eigenvalue weighted by Crippen LogP contribution is 2.24. The standard InChI is InChI=1S/C11H11BrN2OS/c1-14-6-11(15)13-10(14)7-16-9-4-2-8(12)3-5-9/h2-6,15H,7H2,1H3. The Morgan fingerprint density at radius 2 is 2.06 bits per heavy atom. The van der Waals surface area contributed by atoms with E-state index < -0.39 is 0 Å². The molecule has 16 heavy (non-hydrogen) atoms. The van der Waals surface area contributed by atoms with Gasteiger partial charge in [0.05, 0.1) is 11.9 Å². The van der Waals surface area contributed by atoms with Gasteiger partial charge in [-0.1, -0.05) is 15.9 Å². The Morgan fingerprint density at radius 1 is 1.38 bits per heavy atom. The molecule has 0 radical (unpaired) electrons. The summed E-state index contributed by atoms with van der Waals surface area (Å²) in [6.07, 6.45) is 1.61. The quantitative estimate of drug-likeness (QED) is 0.885. The van der Waals surface area contributed by atoms with Gasteiger partial charge in [-0.2, -0.15) is 4.98 Å². The minimum absolute atomic E-state index is 0.0777. The Bertz CT molecular complexity index is 481. The van der Waals surface area contributed by atoms with Gasteiger partial charge in [-0.05, 0) is 24.3 Å². The molecule has 0 aliphatic heterocycles. The highest BCUT2D eigenvalue weighted by molar-refractivity contribution is 9.10. The molecule has 0 atom stereocenters. The summed E-state index contributed by atoms with van der Waals surface area (Å²) in [7, 11) is 1.88. The van der Waals surface area contributed by atoms with Crippen LogP contribution >= 0.6 is 27.7 Å². The van der Waals surface area contributed by atoms with E-state index in [0.29, 0.717) is 0 Å². The second-order valence-electron chi connectivity index (χ2n) is 3.37. The van der Waals surface area contributed by atoms with Crippen LogP contribution in [-0.4, -0.2) is 14.7 Å². The number of rotatable bonds is 3. The summed E-state index contributed by atoms with van der Waals surface area (Å²) in [6, 6.07) is 8.13. The maximum Gasteiger partial charge on any atom is 0.229 e. The lowest BCUT2D eigenvalue weighted by Crippen LogP contribution is -1.94. The summed E-state index contributed by atoms with van der Waals surface area (Å²) < 4.78 is 2.91. The minimum atomic E-state index is 0.0777. The first-order chi connectivity index (χ1) is 7.65. The number of hydrogen-bond donors (Lipinski definition) is 1. The van der Waals surface area contributed by atoms with Crippen molar-refractivity contribution in [2.24, 2.45) is 7.05 Å². The number of halogens is 1. The molecule has 3 nitrogen and oxygen atoms in total. The van der Waals surface area contributed by atoms with Gasteiger partial charge in [0, 0.05) is 16.4 Å². The van der Waals surface area contributed by atoms with Crippen molar-refractivity contribution < 1.29 is 5.11 Å². The molecular weight excluding hydrogens is 288 g/mol. The van der Waals surface area contributed by atoms with Crippen LogP contribution in [0, 0.1) is 0 Å². The highest BCUT2D eigenvalue weighted by Gasteiger charge is 2.04. The summed E-state index contributed by atoms with van der Waals surface area (Å²) in [4.78, 5) is 5.22. The second-order valence-corrected chi connectivity index (χ2v) is 5.33. The van der Waals surface area contributed by atoms with E-state index in [4.69, 9.17) is 0 Å². The molecule has 1 aromatic carbocycles. The summed E-state index contributed by atoms with van der Waals surface area (Å²) in [5.41, 5.74) is 0. The minimum Gasteiger partial charge on any atom is -0.492 e. The first kappa shape index (κ1) is 11.5. The molecule has 0 aliphatic rings. The Kier molecular flexibility index (Phi) is 3.56. The van der Waals surface area contributed by atoms with E-state index in [1.165, 1.54) is 4.90 Å². The first-order valence-electron chi connectivity index (χ1n) is 4.75. The fraction of sp³-hybridized carbons (Fsp3) is 0.182. The van der Waals surface area contributed by atoms with Crippen molar-refractivity contribution in [2.45, 2.75) is 10.6 Å². The number of hydrogen-bond acceptors (Lipinski definition) is 3. The third kappa shape index (κ3) is 2.80. The number of benzene rings is 1. The maximum absolute atomic E-state index is 9.22. The number of imidazole rings is 1. The van der Waals surface area contributed by atoms with E-state index in [-0.39, 0.29) is 5.88 Å². The number of aryl methyl sites for hydroxylation is 1. The third-order valence-electron chi connectivity index (χ3n) is 2.14. The molecule has 2 aromatic rings. The van der Waals surface area contributed by atoms with Crippen molar-refractivity contribution in [3.05, 3.63) is 40.8 Å². The zero-order valence-electron chi connectivity index (χ0n) is 8.72. The molecule has 1 aromatic heterocycles. The van der Waals surface area contributed by atoms with Crippen LogP contribution < -0.4 is 0 Å². The summed E-state index contributed by atoms with van der Waals surface area (Å²) in [5.74, 6) is 1.69. The smallest absolute Gasteiger partial charge is 0.229 e. The van der Waals surface area contributed by atoms with Crippen LogP contribution in [0.1, 0.15) is 5.82 Å². The zero-order valence-corrected chi connectivity index (χ0v) is 11.1. The molecular formula is C11H11BrN2OS. The van der Waals surface area contributed by atoms with Crippen LogP contribution in [-0.2, 0) is 12.8 Å². The molecule has 0 fully saturated rings. The molecule has 1 N–H and O–H groups in total.